The second-order valence-electron chi connectivity index (χ2n) is 3.04. The molecule has 0 aliphatic carbocycles. The maximum Gasteiger partial charge on any atom is 0.124 e. The molecule has 2 rings (SSSR count). The van der Waals surface area contributed by atoms with Gasteiger partial charge in [-0.3, -0.25) is 0 Å². The summed E-state index contributed by atoms with van der Waals surface area (Å²) < 4.78 is 12.3. The first kappa shape index (κ1) is 9.58. The Balaban J connectivity index is 2.47. The van der Waals surface area contributed by atoms with Gasteiger partial charge in [-0.05, 0) is 0 Å². The van der Waals surface area contributed by atoms with Crippen molar-refractivity contribution in [2.75, 3.05) is 14.2 Å². The van der Waals surface area contributed by atoms with Crippen LogP contribution in [0.15, 0.2) is 36.9 Å². The Morgan fingerprint density at radius 1 is 1.07 bits per heavy atom. The van der Waals surface area contributed by atoms with Crippen molar-refractivity contribution in [2.24, 2.45) is 0 Å². The van der Waals surface area contributed by atoms with Crippen molar-refractivity contribution in [1.29, 1.82) is 0 Å². The molecule has 0 bridgehead atoms. The predicted molar refractivity (Wildman–Crippen MR) is 56.7 cm³/mol. The SMILES string of the molecule is COc1cc(OC)cc(-n2ccnc2)c1. The Morgan fingerprint density at radius 2 is 1.73 bits per heavy atom. The van der Waals surface area contributed by atoms with E-state index in [9.17, 15) is 0 Å². The van der Waals surface area contributed by atoms with Crippen LogP contribution in [0, 0.1) is 0 Å². The van der Waals surface area contributed by atoms with Crippen LogP contribution in [0.2, 0.25) is 0 Å². The van der Waals surface area contributed by atoms with Gasteiger partial charge in [0.25, 0.3) is 0 Å². The van der Waals surface area contributed by atoms with E-state index in [-0.39, 0.29) is 0 Å². The van der Waals surface area contributed by atoms with E-state index in [2.05, 4.69) is 4.98 Å². The molecular weight excluding hydrogens is 192 g/mol. The van der Waals surface area contributed by atoms with Gasteiger partial charge in [0.1, 0.15) is 11.5 Å². The number of hydrogen-bond acceptors (Lipinski definition) is 3. The fourth-order valence-corrected chi connectivity index (χ4v) is 1.35. The fraction of sp³-hybridized carbons (Fsp3) is 0.182. The highest BCUT2D eigenvalue weighted by molar-refractivity contribution is 5.46. The lowest BCUT2D eigenvalue weighted by Crippen LogP contribution is -1.93. The lowest BCUT2D eigenvalue weighted by Gasteiger charge is -2.08. The largest absolute Gasteiger partial charge is 0.497 e. The summed E-state index contributed by atoms with van der Waals surface area (Å²) in [7, 11) is 3.26. The number of methoxy groups -OCH3 is 2. The van der Waals surface area contributed by atoms with Gasteiger partial charge < -0.3 is 14.0 Å². The van der Waals surface area contributed by atoms with E-state index >= 15 is 0 Å². The summed E-state index contributed by atoms with van der Waals surface area (Å²) in [5.41, 5.74) is 0.962. The van der Waals surface area contributed by atoms with Gasteiger partial charge in [-0.1, -0.05) is 0 Å². The number of benzene rings is 1. The van der Waals surface area contributed by atoms with E-state index in [1.54, 1.807) is 26.7 Å². The summed E-state index contributed by atoms with van der Waals surface area (Å²) in [6, 6.07) is 5.68. The van der Waals surface area contributed by atoms with Gasteiger partial charge in [0.15, 0.2) is 0 Å². The summed E-state index contributed by atoms with van der Waals surface area (Å²) >= 11 is 0. The zero-order valence-corrected chi connectivity index (χ0v) is 8.68. The van der Waals surface area contributed by atoms with Crippen LogP contribution in [0.5, 0.6) is 11.5 Å². The average molecular weight is 204 g/mol. The standard InChI is InChI=1S/C11H12N2O2/c1-14-10-5-9(6-11(7-10)15-2)13-4-3-12-8-13/h3-8H,1-2H3. The Bertz CT molecular complexity index is 416. The van der Waals surface area contributed by atoms with Gasteiger partial charge in [-0.15, -0.1) is 0 Å². The van der Waals surface area contributed by atoms with E-state index in [4.69, 9.17) is 9.47 Å². The number of rotatable bonds is 3. The van der Waals surface area contributed by atoms with E-state index in [1.165, 1.54) is 0 Å². The summed E-state index contributed by atoms with van der Waals surface area (Å²) in [6.07, 6.45) is 5.33. The molecule has 0 aliphatic heterocycles. The molecule has 0 amide bonds. The molecule has 0 atom stereocenters. The van der Waals surface area contributed by atoms with Crippen LogP contribution in [0.4, 0.5) is 0 Å². The van der Waals surface area contributed by atoms with Gasteiger partial charge >= 0.3 is 0 Å². The minimum atomic E-state index is 0.762. The molecule has 15 heavy (non-hydrogen) atoms. The summed E-state index contributed by atoms with van der Waals surface area (Å²) in [4.78, 5) is 3.99. The third-order valence-electron chi connectivity index (χ3n) is 2.14. The second-order valence-corrected chi connectivity index (χ2v) is 3.04. The molecule has 0 unspecified atom stereocenters. The Labute approximate surface area is 88.1 Å². The maximum absolute atomic E-state index is 5.18. The van der Waals surface area contributed by atoms with Crippen LogP contribution in [-0.4, -0.2) is 23.8 Å². The number of nitrogens with zero attached hydrogens (tertiary/aromatic N) is 2. The summed E-state index contributed by atoms with van der Waals surface area (Å²) in [5, 5.41) is 0. The van der Waals surface area contributed by atoms with Gasteiger partial charge in [0.2, 0.25) is 0 Å². The number of aromatic nitrogens is 2. The third kappa shape index (κ3) is 1.93. The zero-order chi connectivity index (χ0) is 10.7. The lowest BCUT2D eigenvalue weighted by molar-refractivity contribution is 0.394. The molecule has 78 valence electrons. The molecule has 2 aromatic rings. The fourth-order valence-electron chi connectivity index (χ4n) is 1.35. The molecule has 0 N–H and O–H groups in total. The van der Waals surface area contributed by atoms with Gasteiger partial charge in [0, 0.05) is 30.6 Å². The normalized spacial score (nSPS) is 10.0. The van der Waals surface area contributed by atoms with Crippen LogP contribution in [0.3, 0.4) is 0 Å². The van der Waals surface area contributed by atoms with Crippen molar-refractivity contribution in [3.63, 3.8) is 0 Å². The van der Waals surface area contributed by atoms with Gasteiger partial charge in [-0.2, -0.15) is 0 Å². The summed E-state index contributed by atoms with van der Waals surface area (Å²) in [5.74, 6) is 1.52. The molecule has 0 saturated carbocycles. The Kier molecular flexibility index (Phi) is 2.58. The lowest BCUT2D eigenvalue weighted by atomic mass is 10.3. The highest BCUT2D eigenvalue weighted by atomic mass is 16.5. The van der Waals surface area contributed by atoms with Crippen LogP contribution >= 0.6 is 0 Å². The maximum atomic E-state index is 5.18. The number of imidazole rings is 1. The van der Waals surface area contributed by atoms with Crippen LogP contribution in [0.1, 0.15) is 0 Å². The molecule has 1 aromatic carbocycles. The number of ether oxygens (including phenoxy) is 2. The van der Waals surface area contributed by atoms with Crippen LogP contribution < -0.4 is 9.47 Å². The first-order valence-electron chi connectivity index (χ1n) is 4.55. The molecular formula is C11H12N2O2. The average Bonchev–Trinajstić information content (AvgIpc) is 2.81. The van der Waals surface area contributed by atoms with Gasteiger partial charge in [0.05, 0.1) is 26.2 Å². The molecule has 1 heterocycles. The van der Waals surface area contributed by atoms with E-state index < -0.39 is 0 Å². The molecule has 0 fully saturated rings. The van der Waals surface area contributed by atoms with Crippen molar-refractivity contribution in [1.82, 2.24) is 9.55 Å². The Hall–Kier alpha value is -1.97. The molecule has 0 spiro atoms. The highest BCUT2D eigenvalue weighted by Gasteiger charge is 2.02. The van der Waals surface area contributed by atoms with Crippen molar-refractivity contribution >= 4 is 0 Å². The predicted octanol–water partition coefficient (Wildman–Crippen LogP) is 1.89. The minimum absolute atomic E-state index is 0.762. The highest BCUT2D eigenvalue weighted by Crippen LogP contribution is 2.24. The molecule has 4 heteroatoms. The molecule has 0 radical (unpaired) electrons. The molecule has 0 aliphatic rings. The summed E-state index contributed by atoms with van der Waals surface area (Å²) in [6.45, 7) is 0. The first-order chi connectivity index (χ1) is 7.33. The van der Waals surface area contributed by atoms with Crippen molar-refractivity contribution in [2.45, 2.75) is 0 Å². The van der Waals surface area contributed by atoms with Crippen LogP contribution in [0.25, 0.3) is 5.69 Å². The van der Waals surface area contributed by atoms with Crippen molar-refractivity contribution in [3.05, 3.63) is 36.9 Å². The molecule has 1 aromatic heterocycles. The quantitative estimate of drug-likeness (QED) is 0.766. The monoisotopic (exact) mass is 204 g/mol. The van der Waals surface area contributed by atoms with Crippen molar-refractivity contribution in [3.8, 4) is 17.2 Å². The topological polar surface area (TPSA) is 36.3 Å². The van der Waals surface area contributed by atoms with Crippen molar-refractivity contribution < 1.29 is 9.47 Å². The second kappa shape index (κ2) is 4.04. The Morgan fingerprint density at radius 3 is 2.20 bits per heavy atom. The van der Waals surface area contributed by atoms with E-state index in [0.717, 1.165) is 17.2 Å². The zero-order valence-electron chi connectivity index (χ0n) is 8.68. The third-order valence-corrected chi connectivity index (χ3v) is 2.14. The molecule has 0 saturated heterocycles. The number of hydrogen-bond donors (Lipinski definition) is 0. The van der Waals surface area contributed by atoms with Gasteiger partial charge in [-0.25, -0.2) is 4.98 Å². The smallest absolute Gasteiger partial charge is 0.124 e. The van der Waals surface area contributed by atoms with E-state index in [0.29, 0.717) is 0 Å². The molecule has 4 nitrogen and oxygen atoms in total. The van der Waals surface area contributed by atoms with E-state index in [1.807, 2.05) is 29.0 Å². The first-order valence-corrected chi connectivity index (χ1v) is 4.55. The van der Waals surface area contributed by atoms with Crippen LogP contribution in [-0.2, 0) is 0 Å². The minimum Gasteiger partial charge on any atom is -0.497 e.